The lowest BCUT2D eigenvalue weighted by atomic mass is 10.1. The van der Waals surface area contributed by atoms with Crippen LogP contribution in [0.5, 0.6) is 0 Å². The molecule has 0 fully saturated rings. The van der Waals surface area contributed by atoms with Crippen LogP contribution in [0.15, 0.2) is 18.2 Å². The molecular weight excluding hydrogens is 190 g/mol. The number of hydrogen-bond acceptors (Lipinski definition) is 2. The third-order valence-electron chi connectivity index (χ3n) is 1.70. The van der Waals surface area contributed by atoms with E-state index in [0.29, 0.717) is 10.6 Å². The normalized spacial score (nSPS) is 10.0. The maximum atomic E-state index is 10.6. The Kier molecular flexibility index (Phi) is 3.28. The van der Waals surface area contributed by atoms with Crippen molar-refractivity contribution in [3.05, 3.63) is 34.3 Å². The van der Waals surface area contributed by atoms with Crippen LogP contribution in [0.3, 0.4) is 0 Å². The Morgan fingerprint density at radius 3 is 2.69 bits per heavy atom. The van der Waals surface area contributed by atoms with Crippen molar-refractivity contribution in [3.63, 3.8) is 0 Å². The highest BCUT2D eigenvalue weighted by atomic mass is 35.5. The van der Waals surface area contributed by atoms with E-state index in [2.05, 4.69) is 0 Å². The summed E-state index contributed by atoms with van der Waals surface area (Å²) in [7, 11) is 0. The summed E-state index contributed by atoms with van der Waals surface area (Å²) >= 11 is 5.70. The van der Waals surface area contributed by atoms with Crippen LogP contribution >= 0.6 is 11.6 Å². The molecule has 13 heavy (non-hydrogen) atoms. The van der Waals surface area contributed by atoms with Crippen LogP contribution in [0.1, 0.15) is 11.1 Å². The molecule has 1 aromatic rings. The number of rotatable bonds is 3. The van der Waals surface area contributed by atoms with E-state index in [9.17, 15) is 4.79 Å². The average molecular weight is 200 g/mol. The summed E-state index contributed by atoms with van der Waals surface area (Å²) in [6, 6.07) is 4.98. The van der Waals surface area contributed by atoms with Crippen LogP contribution in [-0.2, 0) is 17.8 Å². The molecule has 0 aliphatic carbocycles. The minimum absolute atomic E-state index is 0.132. The Bertz CT molecular complexity index is 325. The molecule has 0 aromatic heterocycles. The molecule has 4 heteroatoms. The Labute approximate surface area is 81.1 Å². The quantitative estimate of drug-likeness (QED) is 0.759. The SMILES string of the molecule is NC(=O)Cc1ccc(Cl)cc1CO. The van der Waals surface area contributed by atoms with Gasteiger partial charge in [-0.1, -0.05) is 17.7 Å². The van der Waals surface area contributed by atoms with Crippen LogP contribution in [0.25, 0.3) is 0 Å². The van der Waals surface area contributed by atoms with Crippen molar-refractivity contribution >= 4 is 17.5 Å². The Morgan fingerprint density at radius 2 is 2.15 bits per heavy atom. The molecule has 1 amide bonds. The first-order chi connectivity index (χ1) is 6.13. The van der Waals surface area contributed by atoms with Crippen molar-refractivity contribution < 1.29 is 9.90 Å². The van der Waals surface area contributed by atoms with Crippen LogP contribution in [0.2, 0.25) is 5.02 Å². The zero-order chi connectivity index (χ0) is 9.84. The van der Waals surface area contributed by atoms with E-state index in [1.807, 2.05) is 0 Å². The first-order valence-corrected chi connectivity index (χ1v) is 4.17. The third kappa shape index (κ3) is 2.72. The smallest absolute Gasteiger partial charge is 0.221 e. The molecule has 3 nitrogen and oxygen atoms in total. The van der Waals surface area contributed by atoms with Crippen molar-refractivity contribution in [1.82, 2.24) is 0 Å². The van der Waals surface area contributed by atoms with Gasteiger partial charge in [-0.2, -0.15) is 0 Å². The molecule has 0 heterocycles. The van der Waals surface area contributed by atoms with Gasteiger partial charge in [-0.15, -0.1) is 0 Å². The molecule has 0 radical (unpaired) electrons. The van der Waals surface area contributed by atoms with Gasteiger partial charge in [0.05, 0.1) is 13.0 Å². The lowest BCUT2D eigenvalue weighted by Crippen LogP contribution is -2.14. The van der Waals surface area contributed by atoms with Gasteiger partial charge in [0.2, 0.25) is 5.91 Å². The number of carbonyl (C=O) groups is 1. The number of amides is 1. The molecule has 0 saturated heterocycles. The number of halogens is 1. The van der Waals surface area contributed by atoms with Crippen molar-refractivity contribution in [2.75, 3.05) is 0 Å². The van der Waals surface area contributed by atoms with Crippen molar-refractivity contribution in [1.29, 1.82) is 0 Å². The van der Waals surface area contributed by atoms with Gasteiger partial charge in [0.25, 0.3) is 0 Å². The lowest BCUT2D eigenvalue weighted by Gasteiger charge is -2.05. The number of hydrogen-bond donors (Lipinski definition) is 2. The van der Waals surface area contributed by atoms with E-state index in [0.717, 1.165) is 5.56 Å². The highest BCUT2D eigenvalue weighted by Crippen LogP contribution is 2.16. The lowest BCUT2D eigenvalue weighted by molar-refractivity contribution is -0.117. The zero-order valence-electron chi connectivity index (χ0n) is 6.96. The summed E-state index contributed by atoms with van der Waals surface area (Å²) in [5.41, 5.74) is 6.40. The monoisotopic (exact) mass is 199 g/mol. The van der Waals surface area contributed by atoms with Crippen LogP contribution in [0.4, 0.5) is 0 Å². The largest absolute Gasteiger partial charge is 0.392 e. The van der Waals surface area contributed by atoms with Gasteiger partial charge in [0.15, 0.2) is 0 Å². The van der Waals surface area contributed by atoms with E-state index >= 15 is 0 Å². The summed E-state index contributed by atoms with van der Waals surface area (Å²) in [4.78, 5) is 10.6. The molecule has 3 N–H and O–H groups in total. The molecule has 1 rings (SSSR count). The molecule has 0 bridgehead atoms. The molecule has 0 saturated carbocycles. The number of nitrogens with two attached hydrogens (primary N) is 1. The van der Waals surface area contributed by atoms with Gasteiger partial charge in [0, 0.05) is 5.02 Å². The van der Waals surface area contributed by atoms with Crippen molar-refractivity contribution in [2.24, 2.45) is 5.73 Å². The maximum Gasteiger partial charge on any atom is 0.221 e. The topological polar surface area (TPSA) is 63.3 Å². The molecule has 0 aliphatic rings. The first kappa shape index (κ1) is 10.0. The minimum atomic E-state index is -0.419. The fourth-order valence-electron chi connectivity index (χ4n) is 1.10. The van der Waals surface area contributed by atoms with E-state index in [4.69, 9.17) is 22.4 Å². The number of carbonyl (C=O) groups excluding carboxylic acids is 1. The van der Waals surface area contributed by atoms with Crippen LogP contribution in [-0.4, -0.2) is 11.0 Å². The molecule has 1 aromatic carbocycles. The molecule has 0 unspecified atom stereocenters. The van der Waals surface area contributed by atoms with Gasteiger partial charge in [0.1, 0.15) is 0 Å². The highest BCUT2D eigenvalue weighted by molar-refractivity contribution is 6.30. The summed E-state index contributed by atoms with van der Waals surface area (Å²) in [6.45, 7) is -0.136. The standard InChI is InChI=1S/C9H10ClNO2/c10-8-2-1-6(4-9(11)13)7(3-8)5-12/h1-3,12H,4-5H2,(H2,11,13). The predicted molar refractivity (Wildman–Crippen MR) is 50.3 cm³/mol. The van der Waals surface area contributed by atoms with Crippen molar-refractivity contribution in [3.8, 4) is 0 Å². The summed E-state index contributed by atoms with van der Waals surface area (Å²) in [5, 5.41) is 9.48. The second-order valence-corrected chi connectivity index (χ2v) is 3.15. The zero-order valence-corrected chi connectivity index (χ0v) is 7.71. The number of benzene rings is 1. The summed E-state index contributed by atoms with van der Waals surface area (Å²) in [6.07, 6.45) is 0.132. The van der Waals surface area contributed by atoms with Gasteiger partial charge in [-0.05, 0) is 23.3 Å². The second kappa shape index (κ2) is 4.25. The second-order valence-electron chi connectivity index (χ2n) is 2.71. The number of primary amides is 1. The first-order valence-electron chi connectivity index (χ1n) is 3.80. The molecule has 0 spiro atoms. The Balaban J connectivity index is 2.99. The van der Waals surface area contributed by atoms with Gasteiger partial charge >= 0.3 is 0 Å². The van der Waals surface area contributed by atoms with Gasteiger partial charge < -0.3 is 10.8 Å². The van der Waals surface area contributed by atoms with E-state index in [1.54, 1.807) is 18.2 Å². The van der Waals surface area contributed by atoms with Crippen LogP contribution < -0.4 is 5.73 Å². The highest BCUT2D eigenvalue weighted by Gasteiger charge is 2.04. The minimum Gasteiger partial charge on any atom is -0.392 e. The molecular formula is C9H10ClNO2. The van der Waals surface area contributed by atoms with Gasteiger partial charge in [-0.3, -0.25) is 4.79 Å². The average Bonchev–Trinajstić information content (AvgIpc) is 2.07. The molecule has 0 aliphatic heterocycles. The summed E-state index contributed by atoms with van der Waals surface area (Å²) in [5.74, 6) is -0.419. The van der Waals surface area contributed by atoms with Crippen molar-refractivity contribution in [2.45, 2.75) is 13.0 Å². The fraction of sp³-hybridized carbons (Fsp3) is 0.222. The number of aliphatic hydroxyl groups is 1. The summed E-state index contributed by atoms with van der Waals surface area (Å²) < 4.78 is 0. The van der Waals surface area contributed by atoms with E-state index < -0.39 is 5.91 Å². The van der Waals surface area contributed by atoms with E-state index in [1.165, 1.54) is 0 Å². The third-order valence-corrected chi connectivity index (χ3v) is 1.94. The molecule has 0 atom stereocenters. The van der Waals surface area contributed by atoms with E-state index in [-0.39, 0.29) is 13.0 Å². The van der Waals surface area contributed by atoms with Gasteiger partial charge in [-0.25, -0.2) is 0 Å². The predicted octanol–water partition coefficient (Wildman–Crippen LogP) is 0.860. The fourth-order valence-corrected chi connectivity index (χ4v) is 1.30. The molecule has 70 valence electrons. The van der Waals surface area contributed by atoms with Crippen LogP contribution in [0, 0.1) is 0 Å². The number of aliphatic hydroxyl groups excluding tert-OH is 1. The Morgan fingerprint density at radius 1 is 1.46 bits per heavy atom. The maximum absolute atomic E-state index is 10.6. The Hall–Kier alpha value is -1.06.